The maximum atomic E-state index is 12.4. The number of esters is 1. The van der Waals surface area contributed by atoms with Crippen LogP contribution >= 0.6 is 0 Å². The Balaban J connectivity index is 3.17. The Hall–Kier alpha value is -1.83. The number of nitrogens with two attached hydrogens (primary N) is 1. The Kier molecular flexibility index (Phi) is 3.89. The summed E-state index contributed by atoms with van der Waals surface area (Å²) in [6.07, 6.45) is 0. The standard InChI is InChI=1S/C9H10FNO5S/c1-2-15-9(12)7-5-6(11)3-4-8(7)16-17(10,13)14/h3-5H,2,11H2,1H3. The molecule has 0 amide bonds. The van der Waals surface area contributed by atoms with E-state index < -0.39 is 22.2 Å². The van der Waals surface area contributed by atoms with E-state index in [1.165, 1.54) is 6.07 Å². The Labute approximate surface area is 97.6 Å². The topological polar surface area (TPSA) is 95.7 Å². The zero-order chi connectivity index (χ0) is 13.1. The van der Waals surface area contributed by atoms with E-state index in [-0.39, 0.29) is 17.9 Å². The normalized spacial score (nSPS) is 10.9. The predicted octanol–water partition coefficient (Wildman–Crippen LogP) is 1.04. The summed E-state index contributed by atoms with van der Waals surface area (Å²) in [5, 5.41) is 0. The third kappa shape index (κ3) is 3.91. The number of hydrogen-bond donors (Lipinski definition) is 1. The summed E-state index contributed by atoms with van der Waals surface area (Å²) in [4.78, 5) is 11.4. The summed E-state index contributed by atoms with van der Waals surface area (Å²) in [6, 6.07) is 3.47. The lowest BCUT2D eigenvalue weighted by atomic mass is 10.2. The van der Waals surface area contributed by atoms with Gasteiger partial charge in [-0.3, -0.25) is 0 Å². The van der Waals surface area contributed by atoms with E-state index in [2.05, 4.69) is 8.92 Å². The lowest BCUT2D eigenvalue weighted by Gasteiger charge is -2.08. The molecule has 17 heavy (non-hydrogen) atoms. The van der Waals surface area contributed by atoms with Gasteiger partial charge in [0.1, 0.15) is 5.56 Å². The molecule has 0 saturated heterocycles. The fourth-order valence-electron chi connectivity index (χ4n) is 1.10. The molecule has 0 heterocycles. The number of halogens is 1. The second kappa shape index (κ2) is 5.00. The van der Waals surface area contributed by atoms with E-state index in [4.69, 9.17) is 5.73 Å². The van der Waals surface area contributed by atoms with Gasteiger partial charge in [0.15, 0.2) is 5.75 Å². The van der Waals surface area contributed by atoms with Crippen molar-refractivity contribution >= 4 is 22.2 Å². The summed E-state index contributed by atoms with van der Waals surface area (Å²) < 4.78 is 41.7. The van der Waals surface area contributed by atoms with Gasteiger partial charge < -0.3 is 14.7 Å². The van der Waals surface area contributed by atoms with Crippen LogP contribution in [0.15, 0.2) is 18.2 Å². The fraction of sp³-hybridized carbons (Fsp3) is 0.222. The van der Waals surface area contributed by atoms with Gasteiger partial charge in [0.05, 0.1) is 6.61 Å². The third-order valence-electron chi connectivity index (χ3n) is 1.69. The first-order valence-electron chi connectivity index (χ1n) is 4.54. The van der Waals surface area contributed by atoms with Crippen LogP contribution in [0.2, 0.25) is 0 Å². The summed E-state index contributed by atoms with van der Waals surface area (Å²) in [6.45, 7) is 1.64. The van der Waals surface area contributed by atoms with Gasteiger partial charge >= 0.3 is 16.5 Å². The molecule has 0 atom stereocenters. The molecule has 1 aromatic rings. The summed E-state index contributed by atoms with van der Waals surface area (Å²) >= 11 is 0. The molecule has 0 aliphatic carbocycles. The van der Waals surface area contributed by atoms with Crippen molar-refractivity contribution in [3.05, 3.63) is 23.8 Å². The van der Waals surface area contributed by atoms with Gasteiger partial charge in [0.2, 0.25) is 0 Å². The Morgan fingerprint density at radius 2 is 2.12 bits per heavy atom. The Bertz CT molecular complexity index is 528. The van der Waals surface area contributed by atoms with Gasteiger partial charge in [-0.25, -0.2) is 4.79 Å². The molecular weight excluding hydrogens is 253 g/mol. The average Bonchev–Trinajstić information content (AvgIpc) is 2.19. The van der Waals surface area contributed by atoms with Gasteiger partial charge in [-0.1, -0.05) is 3.89 Å². The number of rotatable bonds is 4. The first kappa shape index (κ1) is 13.2. The lowest BCUT2D eigenvalue weighted by Crippen LogP contribution is -2.10. The van der Waals surface area contributed by atoms with E-state index in [1.807, 2.05) is 0 Å². The van der Waals surface area contributed by atoms with E-state index in [0.717, 1.165) is 12.1 Å². The lowest BCUT2D eigenvalue weighted by molar-refractivity contribution is 0.0524. The highest BCUT2D eigenvalue weighted by molar-refractivity contribution is 7.81. The van der Waals surface area contributed by atoms with Crippen molar-refractivity contribution in [2.24, 2.45) is 0 Å². The van der Waals surface area contributed by atoms with Crippen LogP contribution in [0.1, 0.15) is 17.3 Å². The summed E-state index contributed by atoms with van der Waals surface area (Å²) in [5.41, 5.74) is 5.35. The molecule has 0 unspecified atom stereocenters. The van der Waals surface area contributed by atoms with Crippen molar-refractivity contribution in [3.8, 4) is 5.75 Å². The minimum atomic E-state index is -5.21. The van der Waals surface area contributed by atoms with Gasteiger partial charge in [-0.2, -0.15) is 8.42 Å². The number of benzene rings is 1. The van der Waals surface area contributed by atoms with Crippen LogP contribution < -0.4 is 9.92 Å². The molecule has 0 aromatic heterocycles. The van der Waals surface area contributed by atoms with Crippen LogP contribution in [0.25, 0.3) is 0 Å². The third-order valence-corrected chi connectivity index (χ3v) is 2.07. The molecule has 0 aliphatic heterocycles. The van der Waals surface area contributed by atoms with E-state index >= 15 is 0 Å². The summed E-state index contributed by atoms with van der Waals surface area (Å²) in [5.74, 6) is -1.32. The van der Waals surface area contributed by atoms with Crippen molar-refractivity contribution in [1.29, 1.82) is 0 Å². The maximum Gasteiger partial charge on any atom is 0.488 e. The first-order chi connectivity index (χ1) is 7.83. The van der Waals surface area contributed by atoms with Crippen molar-refractivity contribution in [2.75, 3.05) is 12.3 Å². The van der Waals surface area contributed by atoms with Crippen LogP contribution in [-0.4, -0.2) is 21.0 Å². The minimum absolute atomic E-state index is 0.0788. The molecule has 6 nitrogen and oxygen atoms in total. The SMILES string of the molecule is CCOC(=O)c1cc(N)ccc1OS(=O)(=O)F. The molecule has 1 aromatic carbocycles. The average molecular weight is 263 g/mol. The highest BCUT2D eigenvalue weighted by Gasteiger charge is 2.19. The highest BCUT2D eigenvalue weighted by Crippen LogP contribution is 2.24. The zero-order valence-corrected chi connectivity index (χ0v) is 9.66. The Morgan fingerprint density at radius 1 is 1.47 bits per heavy atom. The monoisotopic (exact) mass is 263 g/mol. The fourth-order valence-corrected chi connectivity index (χ4v) is 1.46. The van der Waals surface area contributed by atoms with Gasteiger partial charge in [0, 0.05) is 5.69 Å². The van der Waals surface area contributed by atoms with Crippen LogP contribution in [0.5, 0.6) is 5.75 Å². The number of hydrogen-bond acceptors (Lipinski definition) is 6. The predicted molar refractivity (Wildman–Crippen MR) is 57.5 cm³/mol. The van der Waals surface area contributed by atoms with Crippen molar-refractivity contribution in [1.82, 2.24) is 0 Å². The first-order valence-corrected chi connectivity index (χ1v) is 5.85. The van der Waals surface area contributed by atoms with Crippen LogP contribution in [0, 0.1) is 0 Å². The minimum Gasteiger partial charge on any atom is -0.462 e. The van der Waals surface area contributed by atoms with E-state index in [0.29, 0.717) is 0 Å². The molecule has 0 aliphatic rings. The molecule has 0 saturated carbocycles. The smallest absolute Gasteiger partial charge is 0.462 e. The molecule has 0 radical (unpaired) electrons. The zero-order valence-electron chi connectivity index (χ0n) is 8.84. The van der Waals surface area contributed by atoms with E-state index in [1.54, 1.807) is 6.92 Å². The number of nitrogen functional groups attached to an aromatic ring is 1. The number of anilines is 1. The van der Waals surface area contributed by atoms with Gasteiger partial charge in [-0.05, 0) is 25.1 Å². The van der Waals surface area contributed by atoms with Crippen molar-refractivity contribution in [2.45, 2.75) is 6.92 Å². The molecule has 0 spiro atoms. The maximum absolute atomic E-state index is 12.4. The van der Waals surface area contributed by atoms with Gasteiger partial charge in [-0.15, -0.1) is 0 Å². The second-order valence-corrected chi connectivity index (χ2v) is 3.91. The van der Waals surface area contributed by atoms with Gasteiger partial charge in [0.25, 0.3) is 0 Å². The van der Waals surface area contributed by atoms with Crippen molar-refractivity contribution < 1.29 is 26.0 Å². The summed E-state index contributed by atoms with van der Waals surface area (Å²) in [7, 11) is -5.21. The molecule has 2 N–H and O–H groups in total. The molecule has 0 bridgehead atoms. The van der Waals surface area contributed by atoms with Crippen LogP contribution in [-0.2, 0) is 15.2 Å². The molecule has 8 heteroatoms. The molecular formula is C9H10FNO5S. The number of carbonyl (C=O) groups excluding carboxylic acids is 1. The molecule has 1 rings (SSSR count). The van der Waals surface area contributed by atoms with Crippen LogP contribution in [0.4, 0.5) is 9.57 Å². The molecule has 0 fully saturated rings. The van der Waals surface area contributed by atoms with Crippen LogP contribution in [0.3, 0.4) is 0 Å². The number of ether oxygens (including phenoxy) is 1. The quantitative estimate of drug-likeness (QED) is 0.495. The molecule has 94 valence electrons. The second-order valence-electron chi connectivity index (χ2n) is 2.95. The van der Waals surface area contributed by atoms with Crippen molar-refractivity contribution in [3.63, 3.8) is 0 Å². The van der Waals surface area contributed by atoms with E-state index in [9.17, 15) is 17.1 Å². The largest absolute Gasteiger partial charge is 0.488 e. The highest BCUT2D eigenvalue weighted by atomic mass is 32.3. The number of carbonyl (C=O) groups is 1. The Morgan fingerprint density at radius 3 is 2.65 bits per heavy atom.